The molecule has 0 radical (unpaired) electrons. The molecule has 0 aliphatic rings. The molecule has 19 heavy (non-hydrogen) atoms. The van der Waals surface area contributed by atoms with Crippen molar-refractivity contribution in [3.8, 4) is 5.75 Å². The molecule has 0 bridgehead atoms. The second-order valence-corrected chi connectivity index (χ2v) is 5.36. The van der Waals surface area contributed by atoms with Crippen molar-refractivity contribution in [3.05, 3.63) is 66.4 Å². The van der Waals surface area contributed by atoms with Gasteiger partial charge in [-0.2, -0.15) is 0 Å². The number of benzene rings is 2. The molecule has 94 valence electrons. The molecule has 1 heterocycles. The standard InChI is InChI=1S/C16H13NOS/c18-14-4-6-15(7-5-14)19-11-12-3-8-16-13(10-12)2-1-9-17-16/h1-10,18H,11H2. The van der Waals surface area contributed by atoms with Gasteiger partial charge in [-0.25, -0.2) is 0 Å². The number of thioether (sulfide) groups is 1. The lowest BCUT2D eigenvalue weighted by molar-refractivity contribution is 0.475. The van der Waals surface area contributed by atoms with Gasteiger partial charge in [0.05, 0.1) is 5.52 Å². The summed E-state index contributed by atoms with van der Waals surface area (Å²) in [4.78, 5) is 5.47. The van der Waals surface area contributed by atoms with Crippen LogP contribution in [0.25, 0.3) is 10.9 Å². The number of rotatable bonds is 3. The van der Waals surface area contributed by atoms with E-state index in [1.807, 2.05) is 24.4 Å². The highest BCUT2D eigenvalue weighted by Gasteiger charge is 1.99. The van der Waals surface area contributed by atoms with E-state index >= 15 is 0 Å². The van der Waals surface area contributed by atoms with Crippen LogP contribution in [0.1, 0.15) is 5.56 Å². The number of aromatic hydroxyl groups is 1. The Morgan fingerprint density at radius 3 is 2.68 bits per heavy atom. The van der Waals surface area contributed by atoms with Gasteiger partial charge in [-0.1, -0.05) is 12.1 Å². The summed E-state index contributed by atoms with van der Waals surface area (Å²) in [6.45, 7) is 0. The highest BCUT2D eigenvalue weighted by Crippen LogP contribution is 2.25. The molecule has 1 N–H and O–H groups in total. The van der Waals surface area contributed by atoms with Gasteiger partial charge in [0.15, 0.2) is 0 Å². The van der Waals surface area contributed by atoms with E-state index in [0.29, 0.717) is 5.75 Å². The third kappa shape index (κ3) is 2.88. The molecule has 3 heteroatoms. The number of aromatic nitrogens is 1. The van der Waals surface area contributed by atoms with Crippen molar-refractivity contribution in [2.45, 2.75) is 10.6 Å². The van der Waals surface area contributed by atoms with Crippen LogP contribution in [0.15, 0.2) is 65.7 Å². The summed E-state index contributed by atoms with van der Waals surface area (Å²) in [5.74, 6) is 1.22. The fraction of sp³-hybridized carbons (Fsp3) is 0.0625. The first-order valence-corrected chi connectivity index (χ1v) is 7.05. The molecular formula is C16H13NOS. The summed E-state index contributed by atoms with van der Waals surface area (Å²) in [6, 6.07) is 17.7. The predicted molar refractivity (Wildman–Crippen MR) is 79.4 cm³/mol. The van der Waals surface area contributed by atoms with Gasteiger partial charge in [-0.15, -0.1) is 11.8 Å². The van der Waals surface area contributed by atoms with Crippen molar-refractivity contribution < 1.29 is 5.11 Å². The summed E-state index contributed by atoms with van der Waals surface area (Å²) in [5.41, 5.74) is 2.31. The Kier molecular flexibility index (Phi) is 3.38. The summed E-state index contributed by atoms with van der Waals surface area (Å²) in [7, 11) is 0. The van der Waals surface area contributed by atoms with Gasteiger partial charge < -0.3 is 5.11 Å². The van der Waals surface area contributed by atoms with E-state index in [-0.39, 0.29) is 0 Å². The summed E-state index contributed by atoms with van der Waals surface area (Å²) >= 11 is 1.76. The Hall–Kier alpha value is -2.00. The van der Waals surface area contributed by atoms with Crippen molar-refractivity contribution in [1.82, 2.24) is 4.98 Å². The van der Waals surface area contributed by atoms with E-state index in [4.69, 9.17) is 0 Å². The lowest BCUT2D eigenvalue weighted by Crippen LogP contribution is -1.83. The molecule has 0 saturated carbocycles. The van der Waals surface area contributed by atoms with Crippen molar-refractivity contribution in [2.24, 2.45) is 0 Å². The number of hydrogen-bond acceptors (Lipinski definition) is 3. The minimum atomic E-state index is 0.307. The topological polar surface area (TPSA) is 33.1 Å². The molecule has 0 atom stereocenters. The van der Waals surface area contributed by atoms with Crippen molar-refractivity contribution in [1.29, 1.82) is 0 Å². The summed E-state index contributed by atoms with van der Waals surface area (Å²) < 4.78 is 0. The minimum absolute atomic E-state index is 0.307. The van der Waals surface area contributed by atoms with Crippen molar-refractivity contribution in [3.63, 3.8) is 0 Å². The molecule has 0 spiro atoms. The number of phenolic OH excluding ortho intramolecular Hbond substituents is 1. The third-order valence-electron chi connectivity index (χ3n) is 2.91. The summed E-state index contributed by atoms with van der Waals surface area (Å²) in [5, 5.41) is 10.4. The second-order valence-electron chi connectivity index (χ2n) is 4.31. The van der Waals surface area contributed by atoms with Gasteiger partial charge in [-0.05, 0) is 48.0 Å². The van der Waals surface area contributed by atoms with Crippen LogP contribution < -0.4 is 0 Å². The maximum absolute atomic E-state index is 9.24. The third-order valence-corrected chi connectivity index (χ3v) is 3.99. The molecule has 3 aromatic rings. The van der Waals surface area contributed by atoms with Gasteiger partial charge in [0, 0.05) is 22.2 Å². The molecule has 0 unspecified atom stereocenters. The maximum Gasteiger partial charge on any atom is 0.115 e. The van der Waals surface area contributed by atoms with E-state index in [0.717, 1.165) is 16.2 Å². The average Bonchev–Trinajstić information content (AvgIpc) is 2.46. The van der Waals surface area contributed by atoms with Crippen LogP contribution in [0.5, 0.6) is 5.75 Å². The molecule has 0 amide bonds. The largest absolute Gasteiger partial charge is 0.508 e. The zero-order chi connectivity index (χ0) is 13.1. The lowest BCUT2D eigenvalue weighted by Gasteiger charge is -2.04. The van der Waals surface area contributed by atoms with E-state index < -0.39 is 0 Å². The van der Waals surface area contributed by atoms with E-state index in [2.05, 4.69) is 29.2 Å². The Morgan fingerprint density at radius 2 is 1.84 bits per heavy atom. The van der Waals surface area contributed by atoms with Crippen LogP contribution in [0.2, 0.25) is 0 Å². The minimum Gasteiger partial charge on any atom is -0.508 e. The number of nitrogens with zero attached hydrogens (tertiary/aromatic N) is 1. The molecule has 0 fully saturated rings. The summed E-state index contributed by atoms with van der Waals surface area (Å²) in [6.07, 6.45) is 1.81. The van der Waals surface area contributed by atoms with E-state index in [1.54, 1.807) is 23.9 Å². The first kappa shape index (κ1) is 12.1. The SMILES string of the molecule is Oc1ccc(SCc2ccc3ncccc3c2)cc1. The molecular weight excluding hydrogens is 254 g/mol. The molecule has 3 rings (SSSR count). The van der Waals surface area contributed by atoms with Gasteiger partial charge in [0.1, 0.15) is 5.75 Å². The molecule has 2 nitrogen and oxygen atoms in total. The Balaban J connectivity index is 1.76. The highest BCUT2D eigenvalue weighted by atomic mass is 32.2. The van der Waals surface area contributed by atoms with E-state index in [9.17, 15) is 5.11 Å². The first-order valence-electron chi connectivity index (χ1n) is 6.07. The maximum atomic E-state index is 9.24. The molecule has 0 saturated heterocycles. The van der Waals surface area contributed by atoms with Gasteiger partial charge >= 0.3 is 0 Å². The van der Waals surface area contributed by atoms with Crippen molar-refractivity contribution >= 4 is 22.7 Å². The molecule has 0 aliphatic carbocycles. The zero-order valence-corrected chi connectivity index (χ0v) is 11.1. The van der Waals surface area contributed by atoms with Crippen LogP contribution in [0, 0.1) is 0 Å². The van der Waals surface area contributed by atoms with E-state index in [1.165, 1.54) is 10.9 Å². The molecule has 1 aromatic heterocycles. The van der Waals surface area contributed by atoms with Crippen LogP contribution in [-0.4, -0.2) is 10.1 Å². The average molecular weight is 267 g/mol. The number of hydrogen-bond donors (Lipinski definition) is 1. The highest BCUT2D eigenvalue weighted by molar-refractivity contribution is 7.98. The monoisotopic (exact) mass is 267 g/mol. The molecule has 0 aliphatic heterocycles. The number of fused-ring (bicyclic) bond motifs is 1. The Labute approximate surface area is 116 Å². The van der Waals surface area contributed by atoms with Crippen molar-refractivity contribution in [2.75, 3.05) is 0 Å². The number of pyridine rings is 1. The fourth-order valence-electron chi connectivity index (χ4n) is 1.92. The smallest absolute Gasteiger partial charge is 0.115 e. The normalized spacial score (nSPS) is 10.7. The second kappa shape index (κ2) is 5.33. The first-order chi connectivity index (χ1) is 9.31. The van der Waals surface area contributed by atoms with Gasteiger partial charge in [0.25, 0.3) is 0 Å². The quantitative estimate of drug-likeness (QED) is 0.721. The van der Waals surface area contributed by atoms with Gasteiger partial charge in [-0.3, -0.25) is 4.98 Å². The number of phenols is 1. The van der Waals surface area contributed by atoms with Crippen LogP contribution in [0.3, 0.4) is 0 Å². The zero-order valence-electron chi connectivity index (χ0n) is 10.3. The lowest BCUT2D eigenvalue weighted by atomic mass is 10.1. The predicted octanol–water partition coefficient (Wildman–Crippen LogP) is 4.23. The van der Waals surface area contributed by atoms with Gasteiger partial charge in [0.2, 0.25) is 0 Å². The van der Waals surface area contributed by atoms with Crippen LogP contribution in [0.4, 0.5) is 0 Å². The van der Waals surface area contributed by atoms with Crippen LogP contribution >= 0.6 is 11.8 Å². The molecule has 2 aromatic carbocycles. The Morgan fingerprint density at radius 1 is 1.00 bits per heavy atom. The van der Waals surface area contributed by atoms with Crippen LogP contribution in [-0.2, 0) is 5.75 Å². The fourth-order valence-corrected chi connectivity index (χ4v) is 2.77. The Bertz CT molecular complexity index is 694.